The quantitative estimate of drug-likeness (QED) is 0.816. The zero-order chi connectivity index (χ0) is 12.7. The summed E-state index contributed by atoms with van der Waals surface area (Å²) in [6.45, 7) is 5.27. The third-order valence-corrected chi connectivity index (χ3v) is 2.85. The van der Waals surface area contributed by atoms with E-state index in [2.05, 4.69) is 21.2 Å². The molecule has 0 aromatic heterocycles. The maximum Gasteiger partial charge on any atom is 0.224 e. The first-order valence-corrected chi connectivity index (χ1v) is 6.56. The Kier molecular flexibility index (Phi) is 6.22. The van der Waals surface area contributed by atoms with E-state index >= 15 is 0 Å². The molecule has 1 N–H and O–H groups in total. The summed E-state index contributed by atoms with van der Waals surface area (Å²) < 4.78 is 6.21. The molecule has 17 heavy (non-hydrogen) atoms. The lowest BCUT2D eigenvalue weighted by atomic mass is 10.2. The van der Waals surface area contributed by atoms with Crippen LogP contribution in [-0.2, 0) is 9.53 Å². The predicted octanol–water partition coefficient (Wildman–Crippen LogP) is 3.51. The molecule has 1 aromatic rings. The van der Waals surface area contributed by atoms with Gasteiger partial charge in [-0.25, -0.2) is 0 Å². The number of anilines is 1. The van der Waals surface area contributed by atoms with Crippen molar-refractivity contribution >= 4 is 27.5 Å². The number of carbonyl (C=O) groups excluding carboxylic acids is 1. The van der Waals surface area contributed by atoms with Gasteiger partial charge in [0.25, 0.3) is 0 Å². The van der Waals surface area contributed by atoms with Crippen LogP contribution in [0.15, 0.2) is 22.7 Å². The molecule has 0 unspecified atom stereocenters. The lowest BCUT2D eigenvalue weighted by Gasteiger charge is -2.08. The molecule has 0 atom stereocenters. The van der Waals surface area contributed by atoms with Crippen LogP contribution >= 0.6 is 15.9 Å². The molecule has 0 heterocycles. The molecule has 0 saturated heterocycles. The monoisotopic (exact) mass is 299 g/mol. The smallest absolute Gasteiger partial charge is 0.224 e. The number of aryl methyl sites for hydroxylation is 1. The van der Waals surface area contributed by atoms with Crippen LogP contribution in [0.25, 0.3) is 0 Å². The third-order valence-electron chi connectivity index (χ3n) is 2.36. The lowest BCUT2D eigenvalue weighted by molar-refractivity contribution is -0.116. The van der Waals surface area contributed by atoms with E-state index in [0.717, 1.165) is 22.1 Å². The molecule has 0 radical (unpaired) electrons. The Balaban J connectivity index is 2.40. The van der Waals surface area contributed by atoms with Gasteiger partial charge in [0.05, 0.1) is 0 Å². The average molecular weight is 300 g/mol. The lowest BCUT2D eigenvalue weighted by Crippen LogP contribution is -2.13. The predicted molar refractivity (Wildman–Crippen MR) is 73.2 cm³/mol. The number of ether oxygens (including phenoxy) is 1. The third kappa shape index (κ3) is 5.33. The van der Waals surface area contributed by atoms with Crippen LogP contribution in [-0.4, -0.2) is 19.1 Å². The summed E-state index contributed by atoms with van der Waals surface area (Å²) in [6, 6.07) is 5.80. The van der Waals surface area contributed by atoms with Gasteiger partial charge in [-0.15, -0.1) is 0 Å². The van der Waals surface area contributed by atoms with E-state index in [0.29, 0.717) is 19.6 Å². The largest absolute Gasteiger partial charge is 0.382 e. The fourth-order valence-electron chi connectivity index (χ4n) is 1.46. The normalized spacial score (nSPS) is 10.3. The molecule has 0 saturated carbocycles. The van der Waals surface area contributed by atoms with E-state index in [1.165, 1.54) is 0 Å². The summed E-state index contributed by atoms with van der Waals surface area (Å²) in [5.74, 6) is 0.0372. The molecule has 4 heteroatoms. The summed E-state index contributed by atoms with van der Waals surface area (Å²) in [6.07, 6.45) is 1.25. The van der Waals surface area contributed by atoms with Crippen molar-refractivity contribution in [2.24, 2.45) is 0 Å². The average Bonchev–Trinajstić information content (AvgIpc) is 2.28. The van der Waals surface area contributed by atoms with Gasteiger partial charge in [0.2, 0.25) is 5.91 Å². The molecule has 94 valence electrons. The van der Waals surface area contributed by atoms with Crippen molar-refractivity contribution < 1.29 is 9.53 Å². The van der Waals surface area contributed by atoms with E-state index < -0.39 is 0 Å². The molecule has 3 nitrogen and oxygen atoms in total. The molecule has 0 bridgehead atoms. The second kappa shape index (κ2) is 7.45. The van der Waals surface area contributed by atoms with Gasteiger partial charge in [-0.1, -0.05) is 15.9 Å². The van der Waals surface area contributed by atoms with E-state index in [1.807, 2.05) is 32.0 Å². The Morgan fingerprint density at radius 2 is 2.24 bits per heavy atom. The summed E-state index contributed by atoms with van der Waals surface area (Å²) in [5.41, 5.74) is 1.92. The second-order valence-corrected chi connectivity index (χ2v) is 4.72. The minimum Gasteiger partial charge on any atom is -0.382 e. The van der Waals surface area contributed by atoms with Crippen molar-refractivity contribution in [2.75, 3.05) is 18.5 Å². The Labute approximate surface area is 111 Å². The van der Waals surface area contributed by atoms with Gasteiger partial charge in [0.15, 0.2) is 0 Å². The summed E-state index contributed by atoms with van der Waals surface area (Å²) in [4.78, 5) is 11.6. The number of benzene rings is 1. The highest BCUT2D eigenvalue weighted by molar-refractivity contribution is 9.10. The number of carbonyl (C=O) groups is 1. The van der Waals surface area contributed by atoms with Crippen molar-refractivity contribution in [3.05, 3.63) is 28.2 Å². The minimum absolute atomic E-state index is 0.0372. The fraction of sp³-hybridized carbons (Fsp3) is 0.462. The summed E-state index contributed by atoms with van der Waals surface area (Å²) in [5, 5.41) is 2.90. The van der Waals surface area contributed by atoms with Crippen LogP contribution in [0.4, 0.5) is 5.69 Å². The van der Waals surface area contributed by atoms with E-state index in [9.17, 15) is 4.79 Å². The number of nitrogens with one attached hydrogen (secondary N) is 1. The number of rotatable bonds is 6. The maximum atomic E-state index is 11.6. The van der Waals surface area contributed by atoms with E-state index in [1.54, 1.807) is 0 Å². The first-order valence-electron chi connectivity index (χ1n) is 5.77. The molecule has 1 rings (SSSR count). The highest BCUT2D eigenvalue weighted by atomic mass is 79.9. The summed E-state index contributed by atoms with van der Waals surface area (Å²) >= 11 is 3.39. The Bertz CT molecular complexity index is 380. The van der Waals surface area contributed by atoms with Crippen LogP contribution in [0.3, 0.4) is 0 Å². The van der Waals surface area contributed by atoms with Crippen molar-refractivity contribution in [3.63, 3.8) is 0 Å². The maximum absolute atomic E-state index is 11.6. The molecule has 1 aromatic carbocycles. The van der Waals surface area contributed by atoms with Crippen LogP contribution < -0.4 is 5.32 Å². The highest BCUT2D eigenvalue weighted by Crippen LogP contribution is 2.20. The van der Waals surface area contributed by atoms with Gasteiger partial charge in [-0.3, -0.25) is 4.79 Å². The zero-order valence-electron chi connectivity index (χ0n) is 10.3. The van der Waals surface area contributed by atoms with Gasteiger partial charge >= 0.3 is 0 Å². The van der Waals surface area contributed by atoms with Crippen molar-refractivity contribution in [1.82, 2.24) is 0 Å². The molecule has 0 aliphatic carbocycles. The van der Waals surface area contributed by atoms with Crippen molar-refractivity contribution in [3.8, 4) is 0 Å². The molecule has 0 fully saturated rings. The SMILES string of the molecule is CCOCCCC(=O)Nc1ccc(Br)cc1C. The minimum atomic E-state index is 0.0372. The molecular formula is C13H18BrNO2. The van der Waals surface area contributed by atoms with Crippen molar-refractivity contribution in [1.29, 1.82) is 0 Å². The first kappa shape index (κ1) is 14.2. The molecule has 0 spiro atoms. The van der Waals surface area contributed by atoms with Gasteiger partial charge < -0.3 is 10.1 Å². The molecular weight excluding hydrogens is 282 g/mol. The molecule has 0 aliphatic rings. The first-order chi connectivity index (χ1) is 8.13. The molecule has 0 aliphatic heterocycles. The number of halogens is 1. The Hall–Kier alpha value is -0.870. The van der Waals surface area contributed by atoms with Gasteiger partial charge in [-0.2, -0.15) is 0 Å². The number of hydrogen-bond donors (Lipinski definition) is 1. The van der Waals surface area contributed by atoms with Crippen LogP contribution in [0.1, 0.15) is 25.3 Å². The van der Waals surface area contributed by atoms with Crippen LogP contribution in [0.5, 0.6) is 0 Å². The molecule has 1 amide bonds. The summed E-state index contributed by atoms with van der Waals surface area (Å²) in [7, 11) is 0. The van der Waals surface area contributed by atoms with Gasteiger partial charge in [0, 0.05) is 29.8 Å². The number of hydrogen-bond acceptors (Lipinski definition) is 2. The topological polar surface area (TPSA) is 38.3 Å². The van der Waals surface area contributed by atoms with E-state index in [-0.39, 0.29) is 5.91 Å². The Morgan fingerprint density at radius 3 is 2.88 bits per heavy atom. The van der Waals surface area contributed by atoms with Crippen molar-refractivity contribution in [2.45, 2.75) is 26.7 Å². The zero-order valence-corrected chi connectivity index (χ0v) is 11.8. The number of amides is 1. The second-order valence-electron chi connectivity index (χ2n) is 3.81. The van der Waals surface area contributed by atoms with Crippen LogP contribution in [0, 0.1) is 6.92 Å². The van der Waals surface area contributed by atoms with Gasteiger partial charge in [0.1, 0.15) is 0 Å². The van der Waals surface area contributed by atoms with E-state index in [4.69, 9.17) is 4.74 Å². The standard InChI is InChI=1S/C13H18BrNO2/c1-3-17-8-4-5-13(16)15-12-7-6-11(14)9-10(12)2/h6-7,9H,3-5,8H2,1-2H3,(H,15,16). The van der Waals surface area contributed by atoms with Crippen LogP contribution in [0.2, 0.25) is 0 Å². The fourth-order valence-corrected chi connectivity index (χ4v) is 1.93. The Morgan fingerprint density at radius 1 is 1.47 bits per heavy atom. The highest BCUT2D eigenvalue weighted by Gasteiger charge is 2.04. The van der Waals surface area contributed by atoms with Gasteiger partial charge in [-0.05, 0) is 44.0 Å².